The summed E-state index contributed by atoms with van der Waals surface area (Å²) in [5.41, 5.74) is 0. The molecule has 7 heteroatoms. The van der Waals surface area contributed by atoms with Crippen molar-refractivity contribution < 1.29 is 32.8 Å². The molecule has 0 aromatic heterocycles. The lowest BCUT2D eigenvalue weighted by Crippen LogP contribution is -2.24. The molecule has 0 saturated carbocycles. The van der Waals surface area contributed by atoms with Crippen molar-refractivity contribution in [3.05, 3.63) is 0 Å². The molecule has 1 rings (SSSR count). The molecule has 1 saturated heterocycles. The second kappa shape index (κ2) is 15.6. The first-order chi connectivity index (χ1) is 10.9. The van der Waals surface area contributed by atoms with Crippen LogP contribution in [0, 0.1) is 0 Å². The van der Waals surface area contributed by atoms with Gasteiger partial charge in [-0.3, -0.25) is 0 Å². The number of alkyl halides is 1. The maximum atomic E-state index is 11.7. The molecule has 0 bridgehead atoms. The summed E-state index contributed by atoms with van der Waals surface area (Å²) < 4.78 is 43.6. The van der Waals surface area contributed by atoms with E-state index in [1.54, 1.807) is 0 Å². The quantitative estimate of drug-likeness (QED) is 0.426. The summed E-state index contributed by atoms with van der Waals surface area (Å²) in [6.07, 6.45) is 3.22. The van der Waals surface area contributed by atoms with Gasteiger partial charge in [0.15, 0.2) is 6.29 Å². The van der Waals surface area contributed by atoms with Crippen molar-refractivity contribution in [2.24, 2.45) is 0 Å². The minimum atomic E-state index is -0.457. The summed E-state index contributed by atoms with van der Waals surface area (Å²) in [6.45, 7) is 4.52. The maximum Gasteiger partial charge on any atom is 0.157 e. The molecule has 0 aromatic carbocycles. The van der Waals surface area contributed by atoms with Gasteiger partial charge in [-0.1, -0.05) is 0 Å². The fourth-order valence-electron chi connectivity index (χ4n) is 1.90. The van der Waals surface area contributed by atoms with E-state index in [0.717, 1.165) is 19.4 Å². The van der Waals surface area contributed by atoms with E-state index >= 15 is 0 Å². The Hall–Kier alpha value is -0.310. The average molecular weight is 324 g/mol. The van der Waals surface area contributed by atoms with Crippen LogP contribution in [0.2, 0.25) is 0 Å². The number of ether oxygens (including phenoxy) is 6. The first-order valence-electron chi connectivity index (χ1n) is 8.03. The molecule has 0 aliphatic carbocycles. The highest BCUT2D eigenvalue weighted by molar-refractivity contribution is 4.53. The predicted octanol–water partition coefficient (Wildman–Crippen LogP) is 1.57. The van der Waals surface area contributed by atoms with Gasteiger partial charge in [0.05, 0.1) is 59.5 Å². The standard InChI is InChI=1S/C15H29FO6/c16-4-6-17-7-8-18-9-10-19-11-12-20-13-14-22-15-3-1-2-5-21-15/h15H,1-14H2. The Balaban J connectivity index is 1.68. The monoisotopic (exact) mass is 324 g/mol. The van der Waals surface area contributed by atoms with Crippen LogP contribution in [-0.2, 0) is 28.4 Å². The van der Waals surface area contributed by atoms with Gasteiger partial charge >= 0.3 is 0 Å². The minimum Gasteiger partial charge on any atom is -0.377 e. The highest BCUT2D eigenvalue weighted by Crippen LogP contribution is 2.13. The number of rotatable bonds is 15. The summed E-state index contributed by atoms with van der Waals surface area (Å²) in [4.78, 5) is 0. The van der Waals surface area contributed by atoms with E-state index in [4.69, 9.17) is 28.4 Å². The molecule has 22 heavy (non-hydrogen) atoms. The van der Waals surface area contributed by atoms with Crippen LogP contribution in [-0.4, -0.2) is 79.0 Å². The van der Waals surface area contributed by atoms with Gasteiger partial charge in [-0.05, 0) is 19.3 Å². The van der Waals surface area contributed by atoms with E-state index in [-0.39, 0.29) is 12.9 Å². The van der Waals surface area contributed by atoms with E-state index in [1.807, 2.05) is 0 Å². The van der Waals surface area contributed by atoms with Gasteiger partial charge in [-0.25, -0.2) is 4.39 Å². The number of hydrogen-bond donors (Lipinski definition) is 0. The van der Waals surface area contributed by atoms with Gasteiger partial charge in [-0.2, -0.15) is 0 Å². The molecule has 0 spiro atoms. The predicted molar refractivity (Wildman–Crippen MR) is 78.8 cm³/mol. The van der Waals surface area contributed by atoms with Crippen LogP contribution in [0.15, 0.2) is 0 Å². The number of hydrogen-bond acceptors (Lipinski definition) is 6. The zero-order chi connectivity index (χ0) is 15.7. The van der Waals surface area contributed by atoms with Crippen LogP contribution >= 0.6 is 0 Å². The van der Waals surface area contributed by atoms with Gasteiger partial charge in [0.25, 0.3) is 0 Å². The van der Waals surface area contributed by atoms with Crippen molar-refractivity contribution in [1.82, 2.24) is 0 Å². The summed E-state index contributed by atoms with van der Waals surface area (Å²) in [7, 11) is 0. The Bertz CT molecular complexity index is 226. The third kappa shape index (κ3) is 12.3. The second-order valence-corrected chi connectivity index (χ2v) is 4.81. The van der Waals surface area contributed by atoms with Crippen molar-refractivity contribution in [2.45, 2.75) is 25.6 Å². The van der Waals surface area contributed by atoms with Crippen LogP contribution in [0.3, 0.4) is 0 Å². The van der Waals surface area contributed by atoms with Gasteiger partial charge in [0.2, 0.25) is 0 Å². The van der Waals surface area contributed by atoms with E-state index in [1.165, 1.54) is 6.42 Å². The third-order valence-electron chi connectivity index (χ3n) is 3.01. The van der Waals surface area contributed by atoms with Gasteiger partial charge in [0.1, 0.15) is 6.67 Å². The fraction of sp³-hybridized carbons (Fsp3) is 1.00. The maximum absolute atomic E-state index is 11.7. The summed E-state index contributed by atoms with van der Waals surface area (Å²) >= 11 is 0. The lowest BCUT2D eigenvalue weighted by molar-refractivity contribution is -0.169. The molecule has 0 aromatic rings. The summed E-state index contributed by atoms with van der Waals surface area (Å²) in [5, 5.41) is 0. The SMILES string of the molecule is FCCOCCOCCOCCOCCOC1CCCCO1. The molecule has 1 unspecified atom stereocenters. The van der Waals surface area contributed by atoms with Crippen LogP contribution in [0.4, 0.5) is 4.39 Å². The molecule has 0 N–H and O–H groups in total. The normalized spacial score (nSPS) is 18.7. The zero-order valence-electron chi connectivity index (χ0n) is 13.3. The lowest BCUT2D eigenvalue weighted by Gasteiger charge is -2.22. The number of halogens is 1. The zero-order valence-corrected chi connectivity index (χ0v) is 13.3. The molecular formula is C15H29FO6. The van der Waals surface area contributed by atoms with Gasteiger partial charge in [0, 0.05) is 6.61 Å². The first-order valence-corrected chi connectivity index (χ1v) is 8.03. The molecule has 1 aliphatic heterocycles. The highest BCUT2D eigenvalue weighted by atomic mass is 19.1. The van der Waals surface area contributed by atoms with Gasteiger partial charge in [-0.15, -0.1) is 0 Å². The average Bonchev–Trinajstić information content (AvgIpc) is 2.56. The van der Waals surface area contributed by atoms with Crippen LogP contribution in [0.5, 0.6) is 0 Å². The van der Waals surface area contributed by atoms with E-state index < -0.39 is 6.67 Å². The summed E-state index contributed by atoms with van der Waals surface area (Å²) in [6, 6.07) is 0. The van der Waals surface area contributed by atoms with Crippen molar-refractivity contribution in [2.75, 3.05) is 72.7 Å². The van der Waals surface area contributed by atoms with Crippen LogP contribution in [0.1, 0.15) is 19.3 Å². The largest absolute Gasteiger partial charge is 0.377 e. The Kier molecular flexibility index (Phi) is 14.0. The summed E-state index contributed by atoms with van der Waals surface area (Å²) in [5.74, 6) is 0. The molecule has 0 amide bonds. The second-order valence-electron chi connectivity index (χ2n) is 4.81. The smallest absolute Gasteiger partial charge is 0.157 e. The van der Waals surface area contributed by atoms with E-state index in [2.05, 4.69) is 0 Å². The topological polar surface area (TPSA) is 55.4 Å². The molecule has 132 valence electrons. The van der Waals surface area contributed by atoms with Crippen molar-refractivity contribution >= 4 is 0 Å². The Morgan fingerprint density at radius 3 is 1.77 bits per heavy atom. The molecule has 1 heterocycles. The Morgan fingerprint density at radius 2 is 1.27 bits per heavy atom. The molecular weight excluding hydrogens is 295 g/mol. The van der Waals surface area contributed by atoms with Crippen LogP contribution < -0.4 is 0 Å². The molecule has 1 atom stereocenters. The van der Waals surface area contributed by atoms with Crippen molar-refractivity contribution in [3.63, 3.8) is 0 Å². The van der Waals surface area contributed by atoms with Crippen molar-refractivity contribution in [1.29, 1.82) is 0 Å². The highest BCUT2D eigenvalue weighted by Gasteiger charge is 2.13. The van der Waals surface area contributed by atoms with Gasteiger partial charge < -0.3 is 28.4 Å². The van der Waals surface area contributed by atoms with Crippen molar-refractivity contribution in [3.8, 4) is 0 Å². The Labute approximate surface area is 132 Å². The van der Waals surface area contributed by atoms with Crippen LogP contribution in [0.25, 0.3) is 0 Å². The third-order valence-corrected chi connectivity index (χ3v) is 3.01. The Morgan fingerprint density at radius 1 is 0.727 bits per heavy atom. The molecule has 0 radical (unpaired) electrons. The minimum absolute atomic E-state index is 0.0559. The molecule has 1 aliphatic rings. The molecule has 1 fully saturated rings. The van der Waals surface area contributed by atoms with E-state index in [9.17, 15) is 4.39 Å². The molecule has 6 nitrogen and oxygen atoms in total. The lowest BCUT2D eigenvalue weighted by atomic mass is 10.2. The first kappa shape index (κ1) is 19.7. The fourth-order valence-corrected chi connectivity index (χ4v) is 1.90. The van der Waals surface area contributed by atoms with E-state index in [0.29, 0.717) is 52.9 Å².